The Kier molecular flexibility index (Phi) is 4.75. The van der Waals surface area contributed by atoms with Crippen LogP contribution in [0.1, 0.15) is 34.8 Å². The maximum Gasteiger partial charge on any atom is 0.338 e. The monoisotopic (exact) mass is 324 g/mol. The number of carbonyl (C=O) groups excluding carboxylic acids is 2. The minimum atomic E-state index is -0.264. The summed E-state index contributed by atoms with van der Waals surface area (Å²) in [6.45, 7) is 2.19. The van der Waals surface area contributed by atoms with Gasteiger partial charge in [-0.05, 0) is 55.4 Å². The van der Waals surface area contributed by atoms with E-state index in [4.69, 9.17) is 4.74 Å². The number of hydrogen-bond donors (Lipinski definition) is 0. The van der Waals surface area contributed by atoms with Gasteiger partial charge in [0.05, 0.1) is 17.0 Å². The Morgan fingerprint density at radius 2 is 2.21 bits per heavy atom. The first-order chi connectivity index (χ1) is 9.13. The topological polar surface area (TPSA) is 43.4 Å². The molecule has 102 valence electrons. The lowest BCUT2D eigenvalue weighted by Gasteiger charge is -2.09. The lowest BCUT2D eigenvalue weighted by Crippen LogP contribution is -2.09. The summed E-state index contributed by atoms with van der Waals surface area (Å²) in [5.41, 5.74) is 3.11. The Morgan fingerprint density at radius 1 is 1.47 bits per heavy atom. The van der Waals surface area contributed by atoms with E-state index < -0.39 is 0 Å². The van der Waals surface area contributed by atoms with E-state index in [1.54, 1.807) is 6.92 Å². The molecule has 0 spiro atoms. The summed E-state index contributed by atoms with van der Waals surface area (Å²) in [6, 6.07) is 5.76. The first kappa shape index (κ1) is 14.3. The van der Waals surface area contributed by atoms with Crippen molar-refractivity contribution in [2.24, 2.45) is 5.92 Å². The normalized spacial score (nSPS) is 18.7. The van der Waals surface area contributed by atoms with Crippen LogP contribution in [0.3, 0.4) is 0 Å². The van der Waals surface area contributed by atoms with Crippen LogP contribution in [0.15, 0.2) is 18.2 Å². The quantitative estimate of drug-likeness (QED) is 0.475. The Morgan fingerprint density at radius 3 is 2.89 bits per heavy atom. The van der Waals surface area contributed by atoms with Crippen LogP contribution in [0, 0.1) is 5.92 Å². The molecule has 0 bridgehead atoms. The first-order valence-electron chi connectivity index (χ1n) is 6.52. The van der Waals surface area contributed by atoms with E-state index in [1.165, 1.54) is 11.1 Å². The number of esters is 1. The van der Waals surface area contributed by atoms with Crippen molar-refractivity contribution in [2.75, 3.05) is 6.61 Å². The van der Waals surface area contributed by atoms with Gasteiger partial charge in [0.2, 0.25) is 0 Å². The van der Waals surface area contributed by atoms with Crippen molar-refractivity contribution in [3.05, 3.63) is 34.9 Å². The second-order valence-corrected chi connectivity index (χ2v) is 6.04. The van der Waals surface area contributed by atoms with Gasteiger partial charge >= 0.3 is 5.97 Å². The molecule has 0 saturated heterocycles. The van der Waals surface area contributed by atoms with E-state index in [-0.39, 0.29) is 10.8 Å². The van der Waals surface area contributed by atoms with E-state index in [2.05, 4.69) is 15.9 Å². The van der Waals surface area contributed by atoms with Crippen LogP contribution < -0.4 is 0 Å². The van der Waals surface area contributed by atoms with Crippen molar-refractivity contribution in [2.45, 2.75) is 31.0 Å². The largest absolute Gasteiger partial charge is 0.462 e. The smallest absolute Gasteiger partial charge is 0.338 e. The summed E-state index contributed by atoms with van der Waals surface area (Å²) in [5, 5.41) is 0. The van der Waals surface area contributed by atoms with Gasteiger partial charge in [0, 0.05) is 0 Å². The third-order valence-electron chi connectivity index (χ3n) is 3.44. The second kappa shape index (κ2) is 6.33. The molecule has 1 aliphatic carbocycles. The number of halogens is 1. The number of rotatable bonds is 5. The highest BCUT2D eigenvalue weighted by Gasteiger charge is 2.24. The highest BCUT2D eigenvalue weighted by atomic mass is 79.9. The number of alkyl halides is 1. The van der Waals surface area contributed by atoms with Crippen LogP contribution in [0.2, 0.25) is 0 Å². The molecule has 4 heteroatoms. The highest BCUT2D eigenvalue weighted by Crippen LogP contribution is 2.31. The van der Waals surface area contributed by atoms with Crippen LogP contribution in [0.25, 0.3) is 0 Å². The fourth-order valence-electron chi connectivity index (χ4n) is 2.59. The van der Waals surface area contributed by atoms with E-state index in [1.807, 2.05) is 18.2 Å². The van der Waals surface area contributed by atoms with Gasteiger partial charge in [-0.2, -0.15) is 0 Å². The van der Waals surface area contributed by atoms with Crippen LogP contribution in [0.4, 0.5) is 0 Å². The Hall–Kier alpha value is -1.16. The van der Waals surface area contributed by atoms with E-state index in [0.29, 0.717) is 18.1 Å². The fraction of sp³-hybridized carbons (Fsp3) is 0.467. The SMILES string of the molecule is CCOC(=O)c1ccc2c(c1)C[C@@H](C[C@H](Br)C=O)C2. The van der Waals surface area contributed by atoms with Crippen molar-refractivity contribution in [3.8, 4) is 0 Å². The van der Waals surface area contributed by atoms with Crippen molar-refractivity contribution >= 4 is 28.2 Å². The molecule has 0 unspecified atom stereocenters. The van der Waals surface area contributed by atoms with Gasteiger partial charge in [0.15, 0.2) is 0 Å². The lowest BCUT2D eigenvalue weighted by atomic mass is 10.0. The van der Waals surface area contributed by atoms with Crippen molar-refractivity contribution in [1.29, 1.82) is 0 Å². The van der Waals surface area contributed by atoms with Gasteiger partial charge in [0.25, 0.3) is 0 Å². The summed E-state index contributed by atoms with van der Waals surface area (Å²) in [4.78, 5) is 22.3. The zero-order chi connectivity index (χ0) is 13.8. The van der Waals surface area contributed by atoms with Gasteiger partial charge < -0.3 is 9.53 Å². The molecule has 2 atom stereocenters. The minimum Gasteiger partial charge on any atom is -0.462 e. The third kappa shape index (κ3) is 3.44. The standard InChI is InChI=1S/C15H17BrO3/c1-2-19-15(18)12-4-3-11-5-10(6-13(11)8-12)7-14(16)9-17/h3-4,8-10,14H,2,5-7H2,1H3/t10-,14-/m0/s1. The van der Waals surface area contributed by atoms with Crippen LogP contribution >= 0.6 is 15.9 Å². The summed E-state index contributed by atoms with van der Waals surface area (Å²) < 4.78 is 5.00. The number of benzene rings is 1. The molecule has 0 amide bonds. The zero-order valence-electron chi connectivity index (χ0n) is 10.9. The number of ether oxygens (including phenoxy) is 1. The fourth-order valence-corrected chi connectivity index (χ4v) is 3.12. The number of aldehydes is 1. The molecule has 0 saturated carbocycles. The summed E-state index contributed by atoms with van der Waals surface area (Å²) in [6.07, 6.45) is 3.69. The van der Waals surface area contributed by atoms with Crippen molar-refractivity contribution < 1.29 is 14.3 Å². The average molecular weight is 325 g/mol. The number of hydrogen-bond acceptors (Lipinski definition) is 3. The Balaban J connectivity index is 2.07. The Bertz CT molecular complexity index is 484. The van der Waals surface area contributed by atoms with Crippen molar-refractivity contribution in [3.63, 3.8) is 0 Å². The van der Waals surface area contributed by atoms with E-state index in [0.717, 1.165) is 25.5 Å². The average Bonchev–Trinajstić information content (AvgIpc) is 2.79. The van der Waals surface area contributed by atoms with Crippen LogP contribution in [-0.4, -0.2) is 23.7 Å². The first-order valence-corrected chi connectivity index (χ1v) is 7.44. The maximum atomic E-state index is 11.7. The molecule has 3 nitrogen and oxygen atoms in total. The van der Waals surface area contributed by atoms with Gasteiger partial charge in [-0.3, -0.25) is 0 Å². The third-order valence-corrected chi connectivity index (χ3v) is 4.03. The maximum absolute atomic E-state index is 11.7. The molecule has 0 fully saturated rings. The van der Waals surface area contributed by atoms with Crippen molar-refractivity contribution in [1.82, 2.24) is 0 Å². The second-order valence-electron chi connectivity index (χ2n) is 4.87. The zero-order valence-corrected chi connectivity index (χ0v) is 12.5. The van der Waals surface area contributed by atoms with Crippen LogP contribution in [0.5, 0.6) is 0 Å². The van der Waals surface area contributed by atoms with Crippen LogP contribution in [-0.2, 0) is 22.4 Å². The molecular weight excluding hydrogens is 308 g/mol. The molecular formula is C15H17BrO3. The molecule has 0 N–H and O–H groups in total. The molecule has 19 heavy (non-hydrogen) atoms. The van der Waals surface area contributed by atoms with Gasteiger partial charge in [0.1, 0.15) is 6.29 Å². The molecule has 1 aromatic carbocycles. The van der Waals surface area contributed by atoms with E-state index >= 15 is 0 Å². The molecule has 0 heterocycles. The summed E-state index contributed by atoms with van der Waals surface area (Å²) in [7, 11) is 0. The molecule has 2 rings (SSSR count). The molecule has 1 aliphatic rings. The van der Waals surface area contributed by atoms with Gasteiger partial charge in [-0.1, -0.05) is 22.0 Å². The van der Waals surface area contributed by atoms with E-state index in [9.17, 15) is 9.59 Å². The predicted octanol–water partition coefficient (Wildman–Crippen LogP) is 2.93. The number of carbonyl (C=O) groups is 2. The lowest BCUT2D eigenvalue weighted by molar-refractivity contribution is -0.107. The highest BCUT2D eigenvalue weighted by molar-refractivity contribution is 9.09. The Labute approximate surface area is 121 Å². The molecule has 1 aromatic rings. The minimum absolute atomic E-state index is 0.0728. The summed E-state index contributed by atoms with van der Waals surface area (Å²) in [5.74, 6) is 0.210. The molecule has 0 radical (unpaired) electrons. The van der Waals surface area contributed by atoms with Gasteiger partial charge in [-0.15, -0.1) is 0 Å². The molecule has 0 aromatic heterocycles. The predicted molar refractivity (Wildman–Crippen MR) is 76.7 cm³/mol. The molecule has 0 aliphatic heterocycles. The van der Waals surface area contributed by atoms with Gasteiger partial charge in [-0.25, -0.2) is 4.79 Å². The number of fused-ring (bicyclic) bond motifs is 1. The summed E-state index contributed by atoms with van der Waals surface area (Å²) >= 11 is 3.35.